The molecule has 114 valence electrons. The Balaban J connectivity index is 1.46. The lowest BCUT2D eigenvalue weighted by Gasteiger charge is -2.39. The summed E-state index contributed by atoms with van der Waals surface area (Å²) in [6.07, 6.45) is 5.25. The van der Waals surface area contributed by atoms with Crippen LogP contribution in [0.25, 0.3) is 0 Å². The van der Waals surface area contributed by atoms with Crippen molar-refractivity contribution in [3.8, 4) is 5.75 Å². The largest absolute Gasteiger partial charge is 0.493 e. The lowest BCUT2D eigenvalue weighted by molar-refractivity contribution is 0.120. The molecule has 3 unspecified atom stereocenters. The minimum Gasteiger partial charge on any atom is -0.493 e. The Hall–Kier alpha value is -1.02. The monoisotopic (exact) mass is 285 g/mol. The highest BCUT2D eigenvalue weighted by molar-refractivity contribution is 5.39. The van der Waals surface area contributed by atoms with Gasteiger partial charge in [0.15, 0.2) is 0 Å². The van der Waals surface area contributed by atoms with Gasteiger partial charge in [-0.1, -0.05) is 32.9 Å². The van der Waals surface area contributed by atoms with Crippen molar-refractivity contribution in [2.45, 2.75) is 59.0 Å². The van der Waals surface area contributed by atoms with Gasteiger partial charge in [-0.15, -0.1) is 0 Å². The van der Waals surface area contributed by atoms with Gasteiger partial charge >= 0.3 is 0 Å². The third-order valence-corrected chi connectivity index (χ3v) is 7.10. The lowest BCUT2D eigenvalue weighted by atomic mass is 9.69. The first-order valence-electron chi connectivity index (χ1n) is 8.49. The molecule has 2 aliphatic carbocycles. The van der Waals surface area contributed by atoms with Crippen molar-refractivity contribution in [1.29, 1.82) is 0 Å². The second kappa shape index (κ2) is 4.49. The Bertz CT molecular complexity index is 565. The van der Waals surface area contributed by atoms with Crippen LogP contribution in [0.1, 0.15) is 51.2 Å². The number of rotatable bonds is 3. The fourth-order valence-corrected chi connectivity index (χ4v) is 5.10. The normalized spacial score (nSPS) is 35.8. The summed E-state index contributed by atoms with van der Waals surface area (Å²) in [6, 6.07) is 7.37. The van der Waals surface area contributed by atoms with Crippen molar-refractivity contribution in [3.63, 3.8) is 0 Å². The minimum atomic E-state index is 0.470. The summed E-state index contributed by atoms with van der Waals surface area (Å²) in [5, 5.41) is 3.88. The Labute approximate surface area is 128 Å². The molecule has 1 N–H and O–H groups in total. The van der Waals surface area contributed by atoms with Gasteiger partial charge in [-0.25, -0.2) is 0 Å². The second-order valence-electron chi connectivity index (χ2n) is 8.08. The van der Waals surface area contributed by atoms with Crippen molar-refractivity contribution >= 4 is 0 Å². The number of hydrogen-bond acceptors (Lipinski definition) is 2. The molecule has 2 bridgehead atoms. The van der Waals surface area contributed by atoms with Crippen LogP contribution in [-0.2, 0) is 13.0 Å². The molecule has 1 aromatic rings. The maximum atomic E-state index is 5.59. The summed E-state index contributed by atoms with van der Waals surface area (Å²) in [5.74, 6) is 2.00. The molecule has 0 saturated heterocycles. The summed E-state index contributed by atoms with van der Waals surface area (Å²) in [7, 11) is 0. The van der Waals surface area contributed by atoms with Gasteiger partial charge in [0.25, 0.3) is 0 Å². The number of hydrogen-bond donors (Lipinski definition) is 1. The van der Waals surface area contributed by atoms with Crippen LogP contribution in [0.3, 0.4) is 0 Å². The molecular formula is C19H27NO. The fourth-order valence-electron chi connectivity index (χ4n) is 5.10. The summed E-state index contributed by atoms with van der Waals surface area (Å²) in [4.78, 5) is 0. The fraction of sp³-hybridized carbons (Fsp3) is 0.684. The first kappa shape index (κ1) is 13.6. The molecule has 4 rings (SSSR count). The van der Waals surface area contributed by atoms with E-state index in [1.165, 1.54) is 30.4 Å². The first-order chi connectivity index (χ1) is 10.0. The van der Waals surface area contributed by atoms with Crippen LogP contribution in [0.15, 0.2) is 18.2 Å². The smallest absolute Gasteiger partial charge is 0.122 e. The van der Waals surface area contributed by atoms with E-state index in [4.69, 9.17) is 4.74 Å². The second-order valence-corrected chi connectivity index (χ2v) is 8.08. The third-order valence-electron chi connectivity index (χ3n) is 7.10. The van der Waals surface area contributed by atoms with Crippen LogP contribution in [0.5, 0.6) is 5.75 Å². The van der Waals surface area contributed by atoms with Crippen molar-refractivity contribution in [3.05, 3.63) is 29.3 Å². The van der Waals surface area contributed by atoms with Crippen molar-refractivity contribution in [2.24, 2.45) is 16.7 Å². The Morgan fingerprint density at radius 2 is 2.14 bits per heavy atom. The summed E-state index contributed by atoms with van der Waals surface area (Å²) < 4.78 is 5.59. The first-order valence-corrected chi connectivity index (χ1v) is 8.49. The van der Waals surface area contributed by atoms with Crippen molar-refractivity contribution in [1.82, 2.24) is 5.32 Å². The SMILES string of the molecule is CC1(C)C2CCC1(C)C(NCc1ccc3c(c1)CCO3)C2. The molecule has 1 heterocycles. The zero-order chi connectivity index (χ0) is 14.7. The predicted molar refractivity (Wildman–Crippen MR) is 85.5 cm³/mol. The molecular weight excluding hydrogens is 258 g/mol. The van der Waals surface area contributed by atoms with Gasteiger partial charge in [0.1, 0.15) is 5.75 Å². The highest BCUT2D eigenvalue weighted by Crippen LogP contribution is 2.65. The Kier molecular flexibility index (Phi) is 2.91. The van der Waals surface area contributed by atoms with Gasteiger partial charge in [-0.05, 0) is 53.2 Å². The van der Waals surface area contributed by atoms with E-state index in [0.717, 1.165) is 31.2 Å². The molecule has 0 spiro atoms. The zero-order valence-corrected chi connectivity index (χ0v) is 13.5. The van der Waals surface area contributed by atoms with Crippen molar-refractivity contribution in [2.75, 3.05) is 6.61 Å². The highest BCUT2D eigenvalue weighted by atomic mass is 16.5. The highest BCUT2D eigenvalue weighted by Gasteiger charge is 2.60. The molecule has 3 aliphatic rings. The summed E-state index contributed by atoms with van der Waals surface area (Å²) >= 11 is 0. The molecule has 2 heteroatoms. The lowest BCUT2D eigenvalue weighted by Crippen LogP contribution is -2.44. The van der Waals surface area contributed by atoms with Gasteiger partial charge in [0.05, 0.1) is 6.61 Å². The molecule has 3 atom stereocenters. The minimum absolute atomic E-state index is 0.470. The molecule has 0 amide bonds. The van der Waals surface area contributed by atoms with Crippen LogP contribution >= 0.6 is 0 Å². The van der Waals surface area contributed by atoms with Crippen LogP contribution in [0.2, 0.25) is 0 Å². The van der Waals surface area contributed by atoms with Crippen molar-refractivity contribution < 1.29 is 4.74 Å². The van der Waals surface area contributed by atoms with E-state index in [1.54, 1.807) is 0 Å². The molecule has 1 aromatic carbocycles. The van der Waals surface area contributed by atoms with E-state index >= 15 is 0 Å². The molecule has 0 radical (unpaired) electrons. The Morgan fingerprint density at radius 1 is 1.29 bits per heavy atom. The molecule has 2 saturated carbocycles. The van der Waals surface area contributed by atoms with Gasteiger partial charge in [0, 0.05) is 19.0 Å². The van der Waals surface area contributed by atoms with Crippen LogP contribution in [0.4, 0.5) is 0 Å². The average Bonchev–Trinajstić information content (AvgIpc) is 3.06. The number of benzene rings is 1. The van der Waals surface area contributed by atoms with Crippen LogP contribution in [0, 0.1) is 16.7 Å². The third kappa shape index (κ3) is 1.88. The average molecular weight is 285 g/mol. The van der Waals surface area contributed by atoms with Gasteiger partial charge < -0.3 is 10.1 Å². The Morgan fingerprint density at radius 3 is 2.86 bits per heavy atom. The van der Waals surface area contributed by atoms with E-state index in [9.17, 15) is 0 Å². The van der Waals surface area contributed by atoms with E-state index in [1.807, 2.05) is 0 Å². The van der Waals surface area contributed by atoms with E-state index in [0.29, 0.717) is 16.9 Å². The molecule has 0 aromatic heterocycles. The summed E-state index contributed by atoms with van der Waals surface area (Å²) in [6.45, 7) is 9.32. The van der Waals surface area contributed by atoms with Crippen LogP contribution in [-0.4, -0.2) is 12.6 Å². The van der Waals surface area contributed by atoms with E-state index in [2.05, 4.69) is 44.3 Å². The van der Waals surface area contributed by atoms with Gasteiger partial charge in [0.2, 0.25) is 0 Å². The molecule has 1 aliphatic heterocycles. The zero-order valence-electron chi connectivity index (χ0n) is 13.5. The standard InChI is InChI=1S/C19H27NO/c1-18(2)15-6-8-19(18,3)17(11-15)20-12-13-4-5-16-14(10-13)7-9-21-16/h4-5,10,15,17,20H,6-9,11-12H2,1-3H3. The maximum Gasteiger partial charge on any atom is 0.122 e. The number of ether oxygens (including phenoxy) is 1. The molecule has 21 heavy (non-hydrogen) atoms. The van der Waals surface area contributed by atoms with Crippen LogP contribution < -0.4 is 10.1 Å². The summed E-state index contributed by atoms with van der Waals surface area (Å²) in [5.41, 5.74) is 3.76. The van der Waals surface area contributed by atoms with E-state index in [-0.39, 0.29) is 0 Å². The molecule has 2 nitrogen and oxygen atoms in total. The van der Waals surface area contributed by atoms with Gasteiger partial charge in [-0.2, -0.15) is 0 Å². The quantitative estimate of drug-likeness (QED) is 0.908. The number of nitrogens with one attached hydrogen (secondary N) is 1. The topological polar surface area (TPSA) is 21.3 Å². The van der Waals surface area contributed by atoms with Gasteiger partial charge in [-0.3, -0.25) is 0 Å². The molecule has 2 fully saturated rings. The number of fused-ring (bicyclic) bond motifs is 3. The predicted octanol–water partition coefficient (Wildman–Crippen LogP) is 3.93. The van der Waals surface area contributed by atoms with E-state index < -0.39 is 0 Å². The maximum absolute atomic E-state index is 5.59.